The maximum atomic E-state index is 13.4. The zero-order chi connectivity index (χ0) is 13.1. The Morgan fingerprint density at radius 3 is 2.78 bits per heavy atom. The molecule has 5 heteroatoms. The van der Waals surface area contributed by atoms with Crippen molar-refractivity contribution < 1.29 is 14.3 Å². The predicted octanol–water partition coefficient (Wildman–Crippen LogP) is 2.54. The highest BCUT2D eigenvalue weighted by atomic mass is 79.9. The highest BCUT2D eigenvalue weighted by Gasteiger charge is 2.27. The summed E-state index contributed by atoms with van der Waals surface area (Å²) in [6.07, 6.45) is 3.10. The third-order valence-electron chi connectivity index (χ3n) is 3.03. The van der Waals surface area contributed by atoms with Crippen molar-refractivity contribution in [1.29, 1.82) is 0 Å². The predicted molar refractivity (Wildman–Crippen MR) is 69.4 cm³/mol. The number of carbonyl (C=O) groups is 1. The van der Waals surface area contributed by atoms with Crippen molar-refractivity contribution in [3.63, 3.8) is 0 Å². The van der Waals surface area contributed by atoms with Crippen molar-refractivity contribution in [2.24, 2.45) is 5.92 Å². The molecule has 1 fully saturated rings. The van der Waals surface area contributed by atoms with Crippen LogP contribution >= 0.6 is 15.9 Å². The van der Waals surface area contributed by atoms with Crippen molar-refractivity contribution in [3.8, 4) is 0 Å². The van der Waals surface area contributed by atoms with E-state index >= 15 is 0 Å². The minimum absolute atomic E-state index is 0.232. The number of aliphatic hydroxyl groups excluding tert-OH is 1. The molecule has 1 aliphatic rings. The lowest BCUT2D eigenvalue weighted by atomic mass is 10.0. The van der Waals surface area contributed by atoms with Gasteiger partial charge < -0.3 is 10.4 Å². The third-order valence-corrected chi connectivity index (χ3v) is 3.49. The van der Waals surface area contributed by atoms with E-state index in [0.29, 0.717) is 10.4 Å². The Morgan fingerprint density at radius 1 is 1.50 bits per heavy atom. The van der Waals surface area contributed by atoms with Crippen LogP contribution in [0.1, 0.15) is 30.9 Å². The molecule has 0 spiro atoms. The van der Waals surface area contributed by atoms with Gasteiger partial charge in [0.1, 0.15) is 12.4 Å². The lowest BCUT2D eigenvalue weighted by molar-refractivity contribution is -0.124. The summed E-state index contributed by atoms with van der Waals surface area (Å²) in [4.78, 5) is 11.3. The average Bonchev–Trinajstić information content (AvgIpc) is 3.10. The smallest absolute Gasteiger partial charge is 0.246 e. The molecular formula is C13H15BrFNO2. The Balaban J connectivity index is 2.17. The largest absolute Gasteiger partial charge is 0.387 e. The first-order chi connectivity index (χ1) is 8.58. The van der Waals surface area contributed by atoms with E-state index in [1.807, 2.05) is 0 Å². The minimum atomic E-state index is -0.544. The molecule has 1 aromatic carbocycles. The number of rotatable bonds is 5. The van der Waals surface area contributed by atoms with E-state index in [0.717, 1.165) is 24.8 Å². The van der Waals surface area contributed by atoms with Crippen LogP contribution in [0.3, 0.4) is 0 Å². The standard InChI is InChI=1S/C13H15BrFNO2/c14-10-4-9(5-11(15)6-10)12(3-8-1-2-8)16-13(18)7-17/h4-6,8,12,17H,1-3,7H2,(H,16,18)/t12-/m0/s1. The van der Waals surface area contributed by atoms with Crippen LogP contribution in [0.25, 0.3) is 0 Å². The van der Waals surface area contributed by atoms with E-state index in [4.69, 9.17) is 5.11 Å². The van der Waals surface area contributed by atoms with Crippen LogP contribution in [-0.4, -0.2) is 17.6 Å². The molecule has 3 nitrogen and oxygen atoms in total. The number of amides is 1. The summed E-state index contributed by atoms with van der Waals surface area (Å²) < 4.78 is 14.0. The van der Waals surface area contributed by atoms with Crippen LogP contribution in [0.4, 0.5) is 4.39 Å². The van der Waals surface area contributed by atoms with Crippen LogP contribution in [0.2, 0.25) is 0 Å². The van der Waals surface area contributed by atoms with Gasteiger partial charge in [-0.2, -0.15) is 0 Å². The summed E-state index contributed by atoms with van der Waals surface area (Å²) in [6, 6.07) is 4.37. The molecule has 0 bridgehead atoms. The monoisotopic (exact) mass is 315 g/mol. The molecule has 0 radical (unpaired) electrons. The van der Waals surface area contributed by atoms with Gasteiger partial charge in [-0.05, 0) is 36.1 Å². The second-order valence-electron chi connectivity index (χ2n) is 4.66. The molecule has 1 aliphatic carbocycles. The number of hydrogen-bond acceptors (Lipinski definition) is 2. The maximum Gasteiger partial charge on any atom is 0.246 e. The van der Waals surface area contributed by atoms with Gasteiger partial charge in [0.05, 0.1) is 6.04 Å². The average molecular weight is 316 g/mol. The second kappa shape index (κ2) is 5.80. The van der Waals surface area contributed by atoms with Gasteiger partial charge in [-0.25, -0.2) is 4.39 Å². The quantitative estimate of drug-likeness (QED) is 0.877. The van der Waals surface area contributed by atoms with Crippen molar-refractivity contribution in [2.45, 2.75) is 25.3 Å². The highest BCUT2D eigenvalue weighted by Crippen LogP contribution is 2.38. The van der Waals surface area contributed by atoms with Crippen molar-refractivity contribution in [2.75, 3.05) is 6.61 Å². The normalized spacial score (nSPS) is 16.4. The first-order valence-corrected chi connectivity index (χ1v) is 6.74. The Labute approximate surface area is 114 Å². The Morgan fingerprint density at radius 2 is 2.22 bits per heavy atom. The Hall–Kier alpha value is -0.940. The fourth-order valence-corrected chi connectivity index (χ4v) is 2.46. The van der Waals surface area contributed by atoms with Crippen LogP contribution in [0.5, 0.6) is 0 Å². The number of hydrogen-bond donors (Lipinski definition) is 2. The third kappa shape index (κ3) is 3.78. The zero-order valence-corrected chi connectivity index (χ0v) is 11.4. The van der Waals surface area contributed by atoms with Gasteiger partial charge in [0.15, 0.2) is 0 Å². The zero-order valence-electron chi connectivity index (χ0n) is 9.83. The molecule has 1 amide bonds. The molecule has 0 saturated heterocycles. The fourth-order valence-electron chi connectivity index (χ4n) is 1.98. The number of nitrogens with one attached hydrogen (secondary N) is 1. The lowest BCUT2D eigenvalue weighted by Crippen LogP contribution is -2.31. The summed E-state index contributed by atoms with van der Waals surface area (Å²) in [5.41, 5.74) is 0.732. The SMILES string of the molecule is O=C(CO)N[C@@H](CC1CC1)c1cc(F)cc(Br)c1. The van der Waals surface area contributed by atoms with Crippen molar-refractivity contribution in [1.82, 2.24) is 5.32 Å². The maximum absolute atomic E-state index is 13.4. The molecule has 0 aromatic heterocycles. The first kappa shape index (κ1) is 13.5. The first-order valence-electron chi connectivity index (χ1n) is 5.94. The van der Waals surface area contributed by atoms with E-state index in [1.165, 1.54) is 12.1 Å². The topological polar surface area (TPSA) is 49.3 Å². The minimum Gasteiger partial charge on any atom is -0.387 e. The lowest BCUT2D eigenvalue weighted by Gasteiger charge is -2.19. The van der Waals surface area contributed by atoms with Crippen LogP contribution < -0.4 is 5.32 Å². The van der Waals surface area contributed by atoms with E-state index in [-0.39, 0.29) is 11.9 Å². The molecule has 1 saturated carbocycles. The van der Waals surface area contributed by atoms with Crippen LogP contribution in [0, 0.1) is 11.7 Å². The molecule has 2 rings (SSSR count). The fraction of sp³-hybridized carbons (Fsp3) is 0.462. The number of aliphatic hydroxyl groups is 1. The molecule has 1 atom stereocenters. The van der Waals surface area contributed by atoms with E-state index in [2.05, 4.69) is 21.2 Å². The van der Waals surface area contributed by atoms with E-state index < -0.39 is 12.5 Å². The summed E-state index contributed by atoms with van der Waals surface area (Å²) in [5, 5.41) is 11.5. The summed E-state index contributed by atoms with van der Waals surface area (Å²) in [6.45, 7) is -0.544. The van der Waals surface area contributed by atoms with Crippen molar-refractivity contribution in [3.05, 3.63) is 34.1 Å². The molecule has 2 N–H and O–H groups in total. The molecular weight excluding hydrogens is 301 g/mol. The number of benzene rings is 1. The summed E-state index contributed by atoms with van der Waals surface area (Å²) >= 11 is 3.24. The molecule has 1 aromatic rings. The van der Waals surface area contributed by atoms with Gasteiger partial charge in [-0.3, -0.25) is 4.79 Å². The van der Waals surface area contributed by atoms with Gasteiger partial charge in [0.25, 0.3) is 0 Å². The second-order valence-corrected chi connectivity index (χ2v) is 5.58. The van der Waals surface area contributed by atoms with Gasteiger partial charge in [-0.15, -0.1) is 0 Å². The highest BCUT2D eigenvalue weighted by molar-refractivity contribution is 9.10. The van der Waals surface area contributed by atoms with Gasteiger partial charge in [0, 0.05) is 4.47 Å². The summed E-state index contributed by atoms with van der Waals surface area (Å²) in [7, 11) is 0. The number of halogens is 2. The van der Waals surface area contributed by atoms with Crippen LogP contribution in [0.15, 0.2) is 22.7 Å². The molecule has 0 unspecified atom stereocenters. The van der Waals surface area contributed by atoms with E-state index in [9.17, 15) is 9.18 Å². The Kier molecular flexibility index (Phi) is 4.35. The van der Waals surface area contributed by atoms with Crippen LogP contribution in [-0.2, 0) is 4.79 Å². The molecule has 98 valence electrons. The number of carbonyl (C=O) groups excluding carboxylic acids is 1. The molecule has 18 heavy (non-hydrogen) atoms. The summed E-state index contributed by atoms with van der Waals surface area (Å²) in [5.74, 6) is -0.171. The van der Waals surface area contributed by atoms with Crippen molar-refractivity contribution >= 4 is 21.8 Å². The van der Waals surface area contributed by atoms with Gasteiger partial charge >= 0.3 is 0 Å². The van der Waals surface area contributed by atoms with Gasteiger partial charge in [0.2, 0.25) is 5.91 Å². The Bertz CT molecular complexity index is 428. The van der Waals surface area contributed by atoms with Gasteiger partial charge in [-0.1, -0.05) is 28.8 Å². The molecule has 0 aliphatic heterocycles. The molecule has 0 heterocycles. The van der Waals surface area contributed by atoms with E-state index in [1.54, 1.807) is 6.07 Å².